The highest BCUT2D eigenvalue weighted by Crippen LogP contribution is 2.25. The smallest absolute Gasteiger partial charge is 0.256 e. The molecule has 3 aromatic rings. The molecule has 2 aromatic heterocycles. The maximum absolute atomic E-state index is 13.0. The predicted octanol–water partition coefficient (Wildman–Crippen LogP) is 3.53. The molecular weight excluding hydrogens is 470 g/mol. The Morgan fingerprint density at radius 3 is 2.73 bits per heavy atom. The zero-order valence-corrected chi connectivity index (χ0v) is 21.8. The average molecular weight is 504 g/mol. The van der Waals surface area contributed by atoms with Gasteiger partial charge in [0, 0.05) is 36.0 Å². The van der Waals surface area contributed by atoms with Crippen LogP contribution in [-0.4, -0.2) is 57.9 Å². The summed E-state index contributed by atoms with van der Waals surface area (Å²) >= 11 is 0. The van der Waals surface area contributed by atoms with Gasteiger partial charge < -0.3 is 31.4 Å². The molecule has 1 saturated heterocycles. The van der Waals surface area contributed by atoms with Crippen molar-refractivity contribution >= 4 is 40.1 Å². The van der Waals surface area contributed by atoms with E-state index in [0.29, 0.717) is 52.2 Å². The molecule has 1 amide bonds. The zero-order chi connectivity index (χ0) is 26.6. The van der Waals surface area contributed by atoms with Crippen LogP contribution in [0, 0.1) is 17.7 Å². The van der Waals surface area contributed by atoms with E-state index in [4.69, 9.17) is 10.1 Å². The molecule has 11 heteroatoms. The van der Waals surface area contributed by atoms with Gasteiger partial charge in [-0.2, -0.15) is 0 Å². The van der Waals surface area contributed by atoms with Crippen LogP contribution in [0.4, 0.5) is 17.5 Å². The van der Waals surface area contributed by atoms with E-state index >= 15 is 0 Å². The van der Waals surface area contributed by atoms with E-state index in [1.54, 1.807) is 31.5 Å². The number of aryl methyl sites for hydroxylation is 1. The van der Waals surface area contributed by atoms with Gasteiger partial charge in [-0.25, -0.2) is 19.9 Å². The van der Waals surface area contributed by atoms with E-state index in [2.05, 4.69) is 41.2 Å². The van der Waals surface area contributed by atoms with Crippen molar-refractivity contribution in [3.05, 3.63) is 53.7 Å². The molecule has 4 rings (SSSR count). The Balaban J connectivity index is 1.57. The fourth-order valence-electron chi connectivity index (χ4n) is 3.60. The van der Waals surface area contributed by atoms with Crippen molar-refractivity contribution in [1.29, 1.82) is 5.41 Å². The van der Waals surface area contributed by atoms with Crippen LogP contribution in [0.15, 0.2) is 42.6 Å². The average Bonchev–Trinajstić information content (AvgIpc) is 3.37. The van der Waals surface area contributed by atoms with Crippen LogP contribution in [0.1, 0.15) is 43.1 Å². The minimum atomic E-state index is -0.335. The number of ether oxygens (including phenoxy) is 1. The van der Waals surface area contributed by atoms with Crippen LogP contribution in [0.25, 0.3) is 11.0 Å². The Kier molecular flexibility index (Phi) is 7.63. The van der Waals surface area contributed by atoms with Gasteiger partial charge in [-0.15, -0.1) is 0 Å². The number of nitrogens with one attached hydrogen (secondary N) is 5. The van der Waals surface area contributed by atoms with Crippen molar-refractivity contribution in [2.45, 2.75) is 40.2 Å². The van der Waals surface area contributed by atoms with Crippen molar-refractivity contribution in [3.8, 4) is 0 Å². The molecule has 194 valence electrons. The van der Waals surface area contributed by atoms with Gasteiger partial charge in [-0.05, 0) is 37.1 Å². The third-order valence-electron chi connectivity index (χ3n) is 6.01. The standard InChI is InChI=1S/C26H33N9O2/c1-15-6-7-16(24(36)34-21(28-5)11-20(27)26(2,3)4)10-18(15)33-23-22-19(30-14-31-23)12-29-25(35-22)32-17-8-9-37-13-17/h6-7,10-12,14,17,27-28H,8-9,13H2,1-5H3,(H,34,36)(H,29,32,35)(H,30,31,33)/b21-11+,27-20?. The van der Waals surface area contributed by atoms with Gasteiger partial charge in [0.25, 0.3) is 5.91 Å². The molecule has 37 heavy (non-hydrogen) atoms. The summed E-state index contributed by atoms with van der Waals surface area (Å²) in [5.41, 5.74) is 3.32. The van der Waals surface area contributed by atoms with E-state index in [9.17, 15) is 4.79 Å². The summed E-state index contributed by atoms with van der Waals surface area (Å²) in [6.45, 7) is 9.12. The molecule has 0 saturated carbocycles. The van der Waals surface area contributed by atoms with Crippen molar-refractivity contribution in [1.82, 2.24) is 30.6 Å². The van der Waals surface area contributed by atoms with Crippen molar-refractivity contribution < 1.29 is 9.53 Å². The highest BCUT2D eigenvalue weighted by atomic mass is 16.5. The molecule has 5 N–H and O–H groups in total. The minimum absolute atomic E-state index is 0.166. The number of rotatable bonds is 8. The number of hydrogen-bond donors (Lipinski definition) is 5. The number of fused-ring (bicyclic) bond motifs is 1. The maximum atomic E-state index is 13.0. The van der Waals surface area contributed by atoms with E-state index in [1.807, 2.05) is 33.8 Å². The number of nitrogens with zero attached hydrogens (tertiary/aromatic N) is 4. The molecule has 1 aliphatic rings. The summed E-state index contributed by atoms with van der Waals surface area (Å²) in [6.07, 6.45) is 5.63. The first-order valence-corrected chi connectivity index (χ1v) is 12.1. The summed E-state index contributed by atoms with van der Waals surface area (Å²) in [5.74, 6) is 1.14. The number of carbonyl (C=O) groups excluding carboxylic acids is 1. The Bertz CT molecular complexity index is 1340. The van der Waals surface area contributed by atoms with Crippen LogP contribution in [0.2, 0.25) is 0 Å². The number of benzene rings is 1. The molecule has 0 spiro atoms. The molecule has 11 nitrogen and oxygen atoms in total. The first-order chi connectivity index (χ1) is 17.6. The number of anilines is 3. The van der Waals surface area contributed by atoms with Crippen LogP contribution in [0.5, 0.6) is 0 Å². The van der Waals surface area contributed by atoms with Crippen molar-refractivity contribution in [2.24, 2.45) is 5.41 Å². The fourth-order valence-corrected chi connectivity index (χ4v) is 3.60. The molecule has 1 atom stereocenters. The second-order valence-electron chi connectivity index (χ2n) is 9.94. The van der Waals surface area contributed by atoms with E-state index < -0.39 is 0 Å². The number of hydrogen-bond acceptors (Lipinski definition) is 10. The Hall–Kier alpha value is -4.12. The molecule has 1 aromatic carbocycles. The summed E-state index contributed by atoms with van der Waals surface area (Å²) in [4.78, 5) is 30.7. The minimum Gasteiger partial charge on any atom is -0.379 e. The van der Waals surface area contributed by atoms with Gasteiger partial charge in [0.05, 0.1) is 18.8 Å². The van der Waals surface area contributed by atoms with E-state index in [-0.39, 0.29) is 17.4 Å². The molecule has 3 heterocycles. The Labute approximate surface area is 216 Å². The molecule has 1 unspecified atom stereocenters. The maximum Gasteiger partial charge on any atom is 0.256 e. The summed E-state index contributed by atoms with van der Waals surface area (Å²) < 4.78 is 5.42. The lowest BCUT2D eigenvalue weighted by Crippen LogP contribution is -2.31. The van der Waals surface area contributed by atoms with Gasteiger partial charge in [0.15, 0.2) is 5.82 Å². The Morgan fingerprint density at radius 1 is 1.22 bits per heavy atom. The Morgan fingerprint density at radius 2 is 2.03 bits per heavy atom. The van der Waals surface area contributed by atoms with Gasteiger partial charge in [-0.3, -0.25) is 4.79 Å². The van der Waals surface area contributed by atoms with Gasteiger partial charge in [0.1, 0.15) is 23.2 Å². The quantitative estimate of drug-likeness (QED) is 0.291. The van der Waals surface area contributed by atoms with Crippen molar-refractivity contribution in [2.75, 3.05) is 30.9 Å². The third-order valence-corrected chi connectivity index (χ3v) is 6.01. The second kappa shape index (κ2) is 10.9. The van der Waals surface area contributed by atoms with E-state index in [0.717, 1.165) is 18.6 Å². The predicted molar refractivity (Wildman–Crippen MR) is 144 cm³/mol. The molecule has 0 aliphatic carbocycles. The number of carbonyl (C=O) groups is 1. The topological polar surface area (TPSA) is 150 Å². The number of amides is 1. The van der Waals surface area contributed by atoms with Crippen LogP contribution in [0.3, 0.4) is 0 Å². The second-order valence-corrected chi connectivity index (χ2v) is 9.94. The lowest BCUT2D eigenvalue weighted by molar-refractivity contribution is 0.0963. The van der Waals surface area contributed by atoms with E-state index in [1.165, 1.54) is 6.33 Å². The molecular formula is C26H33N9O2. The highest BCUT2D eigenvalue weighted by Gasteiger charge is 2.19. The van der Waals surface area contributed by atoms with Gasteiger partial charge >= 0.3 is 0 Å². The number of aromatic nitrogens is 4. The molecule has 1 fully saturated rings. The lowest BCUT2D eigenvalue weighted by atomic mass is 9.90. The molecule has 1 aliphatic heterocycles. The van der Waals surface area contributed by atoms with Gasteiger partial charge in [-0.1, -0.05) is 26.8 Å². The molecule has 0 radical (unpaired) electrons. The summed E-state index contributed by atoms with van der Waals surface area (Å²) in [5, 5.41) is 20.6. The van der Waals surface area contributed by atoms with Crippen molar-refractivity contribution in [3.63, 3.8) is 0 Å². The van der Waals surface area contributed by atoms with Crippen LogP contribution in [-0.2, 0) is 4.74 Å². The lowest BCUT2D eigenvalue weighted by Gasteiger charge is -2.19. The van der Waals surface area contributed by atoms with Crippen LogP contribution < -0.4 is 21.3 Å². The highest BCUT2D eigenvalue weighted by molar-refractivity contribution is 6.00. The largest absolute Gasteiger partial charge is 0.379 e. The third kappa shape index (κ3) is 6.36. The van der Waals surface area contributed by atoms with Gasteiger partial charge in [0.2, 0.25) is 5.95 Å². The number of allylic oxidation sites excluding steroid dienone is 1. The fraction of sp³-hybridized carbons (Fsp3) is 0.385. The first-order valence-electron chi connectivity index (χ1n) is 12.1. The normalized spacial score (nSPS) is 15.9. The first kappa shape index (κ1) is 26.0. The summed E-state index contributed by atoms with van der Waals surface area (Å²) in [6, 6.07) is 5.55. The monoisotopic (exact) mass is 503 g/mol. The summed E-state index contributed by atoms with van der Waals surface area (Å²) in [7, 11) is 1.70. The molecule has 0 bridgehead atoms. The van der Waals surface area contributed by atoms with Crippen LogP contribution >= 0.6 is 0 Å². The zero-order valence-electron chi connectivity index (χ0n) is 21.8. The SMILES string of the molecule is CN/C(=C\C(=N)C(C)(C)C)NC(=O)c1ccc(C)c(Nc2ncnc3cnc(NC4CCOC4)nc23)c1.